The molecule has 16 heavy (non-hydrogen) atoms. The molecule has 86 valence electrons. The van der Waals surface area contributed by atoms with Crippen LogP contribution < -0.4 is 5.32 Å². The number of carbonyl (C=O) groups is 1. The molecule has 0 spiro atoms. The van der Waals surface area contributed by atoms with Crippen LogP contribution in [-0.2, 0) is 10.2 Å². The molecule has 0 bridgehead atoms. The molecule has 1 saturated heterocycles. The Morgan fingerprint density at radius 2 is 2.06 bits per heavy atom. The van der Waals surface area contributed by atoms with E-state index >= 15 is 0 Å². The van der Waals surface area contributed by atoms with Gasteiger partial charge in [0.1, 0.15) is 5.78 Å². The first-order chi connectivity index (χ1) is 7.68. The molecule has 0 aliphatic carbocycles. The minimum atomic E-state index is -0.271. The molecule has 1 heterocycles. The summed E-state index contributed by atoms with van der Waals surface area (Å²) in [6.07, 6.45) is 0.910. The Morgan fingerprint density at radius 3 is 2.62 bits per heavy atom. The standard InChI is InChI=1S/C14H19NO/c1-11-10-15-9-8-14(11,12(2)16)13-6-4-3-5-7-13/h3-7,11,15H,8-10H2,1-2H3/t11-,14-/m0/s1. The third kappa shape index (κ3) is 1.67. The second kappa shape index (κ2) is 4.38. The zero-order valence-corrected chi connectivity index (χ0v) is 9.99. The normalized spacial score (nSPS) is 30.0. The summed E-state index contributed by atoms with van der Waals surface area (Å²) in [6.45, 7) is 5.75. The van der Waals surface area contributed by atoms with Crippen molar-refractivity contribution in [3.8, 4) is 0 Å². The Hall–Kier alpha value is -1.15. The molecule has 1 aliphatic heterocycles. The molecule has 1 fully saturated rings. The number of carbonyl (C=O) groups excluding carboxylic acids is 1. The minimum Gasteiger partial charge on any atom is -0.316 e. The van der Waals surface area contributed by atoms with Gasteiger partial charge in [0.05, 0.1) is 5.41 Å². The fraction of sp³-hybridized carbons (Fsp3) is 0.500. The van der Waals surface area contributed by atoms with Crippen molar-refractivity contribution in [2.75, 3.05) is 13.1 Å². The average Bonchev–Trinajstić information content (AvgIpc) is 2.30. The van der Waals surface area contributed by atoms with E-state index in [0.717, 1.165) is 19.5 Å². The molecule has 0 aromatic heterocycles. The number of piperidine rings is 1. The van der Waals surface area contributed by atoms with Crippen LogP contribution in [-0.4, -0.2) is 18.9 Å². The second-order valence-electron chi connectivity index (χ2n) is 4.75. The van der Waals surface area contributed by atoms with E-state index in [2.05, 4.69) is 24.4 Å². The first-order valence-corrected chi connectivity index (χ1v) is 5.95. The highest BCUT2D eigenvalue weighted by molar-refractivity contribution is 5.88. The average molecular weight is 217 g/mol. The van der Waals surface area contributed by atoms with Gasteiger partial charge in [-0.1, -0.05) is 37.3 Å². The van der Waals surface area contributed by atoms with E-state index in [9.17, 15) is 4.79 Å². The lowest BCUT2D eigenvalue weighted by molar-refractivity contribution is -0.125. The third-order valence-electron chi connectivity index (χ3n) is 3.91. The maximum absolute atomic E-state index is 12.1. The van der Waals surface area contributed by atoms with Crippen LogP contribution >= 0.6 is 0 Å². The Bertz CT molecular complexity index is 374. The smallest absolute Gasteiger partial charge is 0.140 e. The molecular weight excluding hydrogens is 198 g/mol. The molecule has 2 nitrogen and oxygen atoms in total. The van der Waals surface area contributed by atoms with E-state index in [1.54, 1.807) is 6.92 Å². The fourth-order valence-electron chi connectivity index (χ4n) is 2.92. The predicted molar refractivity (Wildman–Crippen MR) is 65.5 cm³/mol. The van der Waals surface area contributed by atoms with Crippen LogP contribution in [0.25, 0.3) is 0 Å². The van der Waals surface area contributed by atoms with Gasteiger partial charge in [-0.2, -0.15) is 0 Å². The number of ketones is 1. The monoisotopic (exact) mass is 217 g/mol. The number of rotatable bonds is 2. The lowest BCUT2D eigenvalue weighted by Gasteiger charge is -2.41. The maximum Gasteiger partial charge on any atom is 0.140 e. The van der Waals surface area contributed by atoms with Crippen LogP contribution in [0.3, 0.4) is 0 Å². The molecule has 1 aromatic rings. The molecule has 2 rings (SSSR count). The number of nitrogens with one attached hydrogen (secondary N) is 1. The third-order valence-corrected chi connectivity index (χ3v) is 3.91. The van der Waals surface area contributed by atoms with Gasteiger partial charge >= 0.3 is 0 Å². The highest BCUT2D eigenvalue weighted by Crippen LogP contribution is 2.38. The highest BCUT2D eigenvalue weighted by atomic mass is 16.1. The van der Waals surface area contributed by atoms with Gasteiger partial charge < -0.3 is 5.32 Å². The van der Waals surface area contributed by atoms with E-state index in [0.29, 0.717) is 11.7 Å². The summed E-state index contributed by atoms with van der Waals surface area (Å²) >= 11 is 0. The number of hydrogen-bond donors (Lipinski definition) is 1. The minimum absolute atomic E-state index is 0.271. The Kier molecular flexibility index (Phi) is 3.10. The van der Waals surface area contributed by atoms with Gasteiger partial charge in [-0.05, 0) is 37.9 Å². The molecule has 1 aromatic carbocycles. The van der Waals surface area contributed by atoms with Gasteiger partial charge in [-0.25, -0.2) is 0 Å². The van der Waals surface area contributed by atoms with E-state index in [4.69, 9.17) is 0 Å². The van der Waals surface area contributed by atoms with Crippen LogP contribution in [0, 0.1) is 5.92 Å². The van der Waals surface area contributed by atoms with Crippen LogP contribution in [0.15, 0.2) is 30.3 Å². The number of hydrogen-bond acceptors (Lipinski definition) is 2. The molecule has 0 radical (unpaired) electrons. The molecular formula is C14H19NO. The van der Waals surface area contributed by atoms with Gasteiger partial charge in [-0.15, -0.1) is 0 Å². The Balaban J connectivity index is 2.46. The van der Waals surface area contributed by atoms with Crippen molar-refractivity contribution in [1.29, 1.82) is 0 Å². The van der Waals surface area contributed by atoms with Gasteiger partial charge in [0.15, 0.2) is 0 Å². The van der Waals surface area contributed by atoms with E-state index < -0.39 is 0 Å². The summed E-state index contributed by atoms with van der Waals surface area (Å²) in [7, 11) is 0. The maximum atomic E-state index is 12.1. The number of benzene rings is 1. The summed E-state index contributed by atoms with van der Waals surface area (Å²) in [6, 6.07) is 10.2. The van der Waals surface area contributed by atoms with E-state index in [1.807, 2.05) is 18.2 Å². The molecule has 2 heteroatoms. The van der Waals surface area contributed by atoms with Gasteiger partial charge in [0.2, 0.25) is 0 Å². The molecule has 0 unspecified atom stereocenters. The van der Waals surface area contributed by atoms with Crippen LogP contribution in [0.4, 0.5) is 0 Å². The molecule has 1 N–H and O–H groups in total. The van der Waals surface area contributed by atoms with Crippen molar-refractivity contribution < 1.29 is 4.79 Å². The van der Waals surface area contributed by atoms with Crippen molar-refractivity contribution >= 4 is 5.78 Å². The first-order valence-electron chi connectivity index (χ1n) is 5.95. The summed E-state index contributed by atoms with van der Waals surface area (Å²) in [5.74, 6) is 0.661. The molecule has 1 aliphatic rings. The quantitative estimate of drug-likeness (QED) is 0.822. The number of Topliss-reactive ketones (excluding diaryl/α,β-unsaturated/α-hetero) is 1. The van der Waals surface area contributed by atoms with Crippen LogP contribution in [0.2, 0.25) is 0 Å². The van der Waals surface area contributed by atoms with E-state index in [-0.39, 0.29) is 5.41 Å². The van der Waals surface area contributed by atoms with Crippen LogP contribution in [0.1, 0.15) is 25.8 Å². The lowest BCUT2D eigenvalue weighted by Crippen LogP contribution is -2.51. The Morgan fingerprint density at radius 1 is 1.38 bits per heavy atom. The topological polar surface area (TPSA) is 29.1 Å². The van der Waals surface area contributed by atoms with Gasteiger partial charge in [0.25, 0.3) is 0 Å². The van der Waals surface area contributed by atoms with Crippen molar-refractivity contribution in [3.63, 3.8) is 0 Å². The fourth-order valence-corrected chi connectivity index (χ4v) is 2.92. The summed E-state index contributed by atoms with van der Waals surface area (Å²) in [4.78, 5) is 12.1. The second-order valence-corrected chi connectivity index (χ2v) is 4.75. The van der Waals surface area contributed by atoms with Crippen molar-refractivity contribution in [1.82, 2.24) is 5.32 Å². The zero-order chi connectivity index (χ0) is 11.6. The molecule has 0 saturated carbocycles. The summed E-state index contributed by atoms with van der Waals surface area (Å²) in [5, 5.41) is 3.36. The summed E-state index contributed by atoms with van der Waals surface area (Å²) < 4.78 is 0. The van der Waals surface area contributed by atoms with Gasteiger partial charge in [0, 0.05) is 0 Å². The van der Waals surface area contributed by atoms with E-state index in [1.165, 1.54) is 5.56 Å². The highest BCUT2D eigenvalue weighted by Gasteiger charge is 2.43. The van der Waals surface area contributed by atoms with Crippen LogP contribution in [0.5, 0.6) is 0 Å². The Labute approximate surface area is 97.1 Å². The molecule has 0 amide bonds. The van der Waals surface area contributed by atoms with Gasteiger partial charge in [-0.3, -0.25) is 4.79 Å². The van der Waals surface area contributed by atoms with Crippen molar-refractivity contribution in [3.05, 3.63) is 35.9 Å². The SMILES string of the molecule is CC(=O)[C@]1(c2ccccc2)CCNC[C@@H]1C. The first kappa shape index (κ1) is 11.3. The largest absolute Gasteiger partial charge is 0.316 e. The lowest BCUT2D eigenvalue weighted by atomic mass is 9.64. The van der Waals surface area contributed by atoms with Crippen molar-refractivity contribution in [2.24, 2.45) is 5.92 Å². The van der Waals surface area contributed by atoms with Crippen molar-refractivity contribution in [2.45, 2.75) is 25.7 Å². The molecule has 2 atom stereocenters. The predicted octanol–water partition coefficient (Wildman–Crippen LogP) is 2.14. The summed E-state index contributed by atoms with van der Waals surface area (Å²) in [5.41, 5.74) is 0.906. The zero-order valence-electron chi connectivity index (χ0n) is 9.99.